The lowest BCUT2D eigenvalue weighted by molar-refractivity contribution is -0.352. The van der Waals surface area contributed by atoms with Gasteiger partial charge in [0.2, 0.25) is 0 Å². The Hall–Kier alpha value is -5.23. The molecule has 5 aromatic rings. The summed E-state index contributed by atoms with van der Waals surface area (Å²) in [5, 5.41) is 2.08. The van der Waals surface area contributed by atoms with E-state index >= 15 is 0 Å². The number of methoxy groups -OCH3 is 1. The second-order valence-electron chi connectivity index (χ2n) is 23.1. The number of benzene rings is 5. The first-order chi connectivity index (χ1) is 37.6. The van der Waals surface area contributed by atoms with Crippen molar-refractivity contribution < 1.29 is 61.3 Å². The second kappa shape index (κ2) is 24.2. The van der Waals surface area contributed by atoms with Gasteiger partial charge in [0, 0.05) is 26.2 Å². The van der Waals surface area contributed by atoms with E-state index in [0.717, 1.165) is 22.4 Å². The summed E-state index contributed by atoms with van der Waals surface area (Å²) in [5.41, 5.74) is 2.07. The van der Waals surface area contributed by atoms with E-state index in [1.54, 1.807) is 7.11 Å². The van der Waals surface area contributed by atoms with Crippen LogP contribution in [0.4, 0.5) is 0 Å². The zero-order chi connectivity index (χ0) is 54.5. The molecule has 5 aromatic carbocycles. The molecule has 0 saturated carbocycles. The summed E-state index contributed by atoms with van der Waals surface area (Å²) in [4.78, 5) is 13.3. The van der Waals surface area contributed by atoms with Crippen LogP contribution in [0.5, 0.6) is 5.75 Å². The summed E-state index contributed by atoms with van der Waals surface area (Å²) in [6.45, 7) is 15.8. The van der Waals surface area contributed by atoms with E-state index in [1.807, 2.05) is 106 Å². The molecular weight excluding hydrogens is 1000 g/mol. The van der Waals surface area contributed by atoms with E-state index in [0.29, 0.717) is 51.3 Å². The minimum Gasteiger partial charge on any atom is -0.497 e. The molecule has 14 heteroatoms. The average Bonchev–Trinajstić information content (AvgIpc) is 3.82. The maximum Gasteiger partial charge on any atom is 0.303 e. The summed E-state index contributed by atoms with van der Waals surface area (Å²) in [6, 6.07) is 49.3. The number of carbonyl (C=O) groups excluding carboxylic acids is 1. The van der Waals surface area contributed by atoms with Crippen molar-refractivity contribution in [3.8, 4) is 5.75 Å². The van der Waals surface area contributed by atoms with Gasteiger partial charge in [-0.05, 0) is 77.5 Å². The summed E-state index contributed by atoms with van der Waals surface area (Å²) in [7, 11) is -1.35. The summed E-state index contributed by atoms with van der Waals surface area (Å²) < 4.78 is 81.8. The van der Waals surface area contributed by atoms with Crippen LogP contribution in [0.15, 0.2) is 157 Å². The average molecular weight is 1080 g/mol. The molecule has 0 spiro atoms. The molecule has 4 saturated heterocycles. The highest BCUT2D eigenvalue weighted by Gasteiger charge is 2.62. The molecule has 78 heavy (non-hydrogen) atoms. The number of fused-ring (bicyclic) bond motifs is 3. The van der Waals surface area contributed by atoms with E-state index in [2.05, 4.69) is 87.5 Å². The molecule has 0 unspecified atom stereocenters. The SMILES string of the molecule is COc1ccc(CO[C@@H]2C[C@]3(C)O[C@@H]4C[C@H](OCc5ccccc5)[C@@H](COCc5ccccc5)O[C@H]4[C@H](OC(C)=O)[C@H]3O[C@H]2CC2=CC[C@H]3OC(C)(C)O[C@H]3[C@H](CO[Si](c3ccccc3)(c3ccccc3)C(C)(C)C)O2)cc1. The topological polar surface area (TPSA) is 128 Å². The zero-order valence-electron chi connectivity index (χ0n) is 46.5. The summed E-state index contributed by atoms with van der Waals surface area (Å²) >= 11 is 0. The van der Waals surface area contributed by atoms with Gasteiger partial charge in [-0.1, -0.05) is 154 Å². The summed E-state index contributed by atoms with van der Waals surface area (Å²) in [6.07, 6.45) is -2.22. The third kappa shape index (κ3) is 12.7. The van der Waals surface area contributed by atoms with Gasteiger partial charge in [0.1, 0.15) is 36.3 Å². The van der Waals surface area contributed by atoms with Crippen molar-refractivity contribution in [2.45, 2.75) is 178 Å². The lowest BCUT2D eigenvalue weighted by atomic mass is 9.76. The van der Waals surface area contributed by atoms with E-state index in [1.165, 1.54) is 17.3 Å². The van der Waals surface area contributed by atoms with Crippen molar-refractivity contribution in [3.63, 3.8) is 0 Å². The fraction of sp³-hybridized carbons (Fsp3) is 0.484. The lowest BCUT2D eigenvalue weighted by Crippen LogP contribution is -2.72. The monoisotopic (exact) mass is 1080 g/mol. The number of hydrogen-bond donors (Lipinski definition) is 0. The van der Waals surface area contributed by atoms with Crippen molar-refractivity contribution in [2.24, 2.45) is 0 Å². The van der Waals surface area contributed by atoms with Crippen LogP contribution in [0.25, 0.3) is 0 Å². The van der Waals surface area contributed by atoms with Crippen LogP contribution in [0, 0.1) is 0 Å². The van der Waals surface area contributed by atoms with Crippen molar-refractivity contribution in [3.05, 3.63) is 174 Å². The highest BCUT2D eigenvalue weighted by molar-refractivity contribution is 6.99. The van der Waals surface area contributed by atoms with Gasteiger partial charge < -0.3 is 56.5 Å². The molecule has 12 atom stereocenters. The number of ether oxygens (including phenoxy) is 11. The number of esters is 1. The van der Waals surface area contributed by atoms with E-state index in [9.17, 15) is 4.79 Å². The first-order valence-corrected chi connectivity index (χ1v) is 29.6. The van der Waals surface area contributed by atoms with Gasteiger partial charge in [0.15, 0.2) is 11.9 Å². The Morgan fingerprint density at radius 3 is 1.83 bits per heavy atom. The van der Waals surface area contributed by atoms with Crippen LogP contribution in [0.3, 0.4) is 0 Å². The zero-order valence-corrected chi connectivity index (χ0v) is 47.5. The maximum atomic E-state index is 13.3. The number of carbonyl (C=O) groups is 1. The summed E-state index contributed by atoms with van der Waals surface area (Å²) in [5.74, 6) is 0.187. The Labute approximate surface area is 461 Å². The van der Waals surface area contributed by atoms with Crippen LogP contribution in [0.2, 0.25) is 5.04 Å². The third-order valence-corrected chi connectivity index (χ3v) is 20.9. The Morgan fingerprint density at radius 1 is 0.641 bits per heavy atom. The molecule has 0 amide bonds. The second-order valence-corrected chi connectivity index (χ2v) is 27.4. The first-order valence-electron chi connectivity index (χ1n) is 27.7. The molecule has 0 N–H and O–H groups in total. The van der Waals surface area contributed by atoms with Crippen LogP contribution in [-0.4, -0.2) is 113 Å². The van der Waals surface area contributed by atoms with Crippen molar-refractivity contribution in [2.75, 3.05) is 20.3 Å². The fourth-order valence-electron chi connectivity index (χ4n) is 12.3. The molecule has 10 rings (SSSR count). The Morgan fingerprint density at radius 2 is 1.23 bits per heavy atom. The van der Waals surface area contributed by atoms with Gasteiger partial charge in [0.05, 0.1) is 82.0 Å². The van der Waals surface area contributed by atoms with Crippen LogP contribution < -0.4 is 15.1 Å². The molecule has 416 valence electrons. The van der Waals surface area contributed by atoms with Crippen molar-refractivity contribution in [1.82, 2.24) is 0 Å². The third-order valence-electron chi connectivity index (χ3n) is 15.9. The van der Waals surface area contributed by atoms with Gasteiger partial charge in [-0.3, -0.25) is 4.79 Å². The predicted molar refractivity (Wildman–Crippen MR) is 298 cm³/mol. The molecule has 0 bridgehead atoms. The molecule has 0 radical (unpaired) electrons. The predicted octanol–water partition coefficient (Wildman–Crippen LogP) is 9.95. The van der Waals surface area contributed by atoms with E-state index < -0.39 is 86.7 Å². The van der Waals surface area contributed by atoms with Gasteiger partial charge in [0.25, 0.3) is 8.32 Å². The standard InChI is InChI=1S/C64H78O13Si/c1-43(65)71-60-59-54(36-52(68-39-45-23-15-10-16-24-45)56(73-59)41-67-38-44-21-13-9-14-22-44)76-64(7)37-55(69-40-46-29-31-47(66-8)32-30-46)53(74-61(60)64)35-48-33-34-51-58(77-63(5,6)75-51)57(72-48)42-70-78(62(2,3)4,49-25-17-11-18-26-49)50-27-19-12-20-28-50/h9-33,51-61H,34-42H2,1-8H3/t51-,52+,53+,54-,55-,56-,57+,58-,59-,60+,61-,64+/m1/s1. The van der Waals surface area contributed by atoms with Crippen LogP contribution in [-0.2, 0) is 76.4 Å². The van der Waals surface area contributed by atoms with Crippen molar-refractivity contribution in [1.29, 1.82) is 0 Å². The molecule has 0 aromatic heterocycles. The maximum absolute atomic E-state index is 13.3. The minimum absolute atomic E-state index is 0.240. The molecule has 0 aliphatic carbocycles. The van der Waals surface area contributed by atoms with E-state index in [-0.39, 0.29) is 24.4 Å². The normalized spacial score (nSPS) is 29.6. The molecule has 5 aliphatic rings. The molecule has 5 heterocycles. The van der Waals surface area contributed by atoms with Gasteiger partial charge in [-0.25, -0.2) is 0 Å². The highest BCUT2D eigenvalue weighted by Crippen LogP contribution is 2.48. The lowest BCUT2D eigenvalue weighted by Gasteiger charge is -2.58. The van der Waals surface area contributed by atoms with Gasteiger partial charge in [-0.2, -0.15) is 0 Å². The molecule has 5 aliphatic heterocycles. The molecule has 4 fully saturated rings. The first kappa shape index (κ1) is 56.1. The van der Waals surface area contributed by atoms with Gasteiger partial charge in [-0.15, -0.1) is 0 Å². The number of rotatable bonds is 19. The molecule has 13 nitrogen and oxygen atoms in total. The van der Waals surface area contributed by atoms with E-state index in [4.69, 9.17) is 56.5 Å². The van der Waals surface area contributed by atoms with Crippen LogP contribution in [0.1, 0.15) is 90.8 Å². The smallest absolute Gasteiger partial charge is 0.303 e. The van der Waals surface area contributed by atoms with Crippen molar-refractivity contribution >= 4 is 24.7 Å². The minimum atomic E-state index is -3.00. The Kier molecular flexibility index (Phi) is 17.4. The fourth-order valence-corrected chi connectivity index (χ4v) is 16.9. The highest BCUT2D eigenvalue weighted by atomic mass is 28.4. The van der Waals surface area contributed by atoms with Crippen LogP contribution >= 0.6 is 0 Å². The quantitative estimate of drug-likeness (QED) is 0.0576. The Bertz CT molecular complexity index is 2700. The van der Waals surface area contributed by atoms with Gasteiger partial charge >= 0.3 is 5.97 Å². The largest absolute Gasteiger partial charge is 0.497 e. The molecular formula is C64H78O13Si. The number of hydrogen-bond acceptors (Lipinski definition) is 13. The Balaban J connectivity index is 0.952.